The van der Waals surface area contributed by atoms with E-state index in [0.29, 0.717) is 28.4 Å². The predicted molar refractivity (Wildman–Crippen MR) is 105 cm³/mol. The van der Waals surface area contributed by atoms with Gasteiger partial charge in [0.15, 0.2) is 0 Å². The number of nitrogens with zero attached hydrogens (tertiary/aromatic N) is 1. The number of carbonyl (C=O) groups is 1. The highest BCUT2D eigenvalue weighted by molar-refractivity contribution is 7.92. The Hall–Kier alpha value is -2.46. The summed E-state index contributed by atoms with van der Waals surface area (Å²) in [6.45, 7) is 1.43. The minimum atomic E-state index is -4.70. The van der Waals surface area contributed by atoms with Gasteiger partial charge in [-0.3, -0.25) is 9.10 Å². The minimum absolute atomic E-state index is 0.241. The van der Waals surface area contributed by atoms with Gasteiger partial charge < -0.3 is 10.1 Å². The van der Waals surface area contributed by atoms with E-state index in [1.54, 1.807) is 25.1 Å². The first-order valence-corrected chi connectivity index (χ1v) is 10.5. The van der Waals surface area contributed by atoms with Gasteiger partial charge in [0.05, 0.1) is 29.1 Å². The number of hydrogen-bond acceptors (Lipinski definition) is 4. The van der Waals surface area contributed by atoms with Crippen LogP contribution in [-0.2, 0) is 21.0 Å². The first-order valence-electron chi connectivity index (χ1n) is 8.29. The molecule has 2 aromatic carbocycles. The molecule has 0 saturated heterocycles. The van der Waals surface area contributed by atoms with Crippen LogP contribution in [0, 0.1) is 0 Å². The lowest BCUT2D eigenvalue weighted by atomic mass is 10.2. The summed E-state index contributed by atoms with van der Waals surface area (Å²) in [5.41, 5.74) is -1.19. The van der Waals surface area contributed by atoms with Crippen LogP contribution in [0.25, 0.3) is 0 Å². The van der Waals surface area contributed by atoms with Crippen LogP contribution in [0.5, 0.6) is 5.75 Å². The van der Waals surface area contributed by atoms with Crippen molar-refractivity contribution in [3.8, 4) is 5.75 Å². The lowest BCUT2D eigenvalue weighted by Crippen LogP contribution is -2.37. The Morgan fingerprint density at radius 1 is 1.21 bits per heavy atom. The standard InChI is InChI=1S/C18H18ClF3N2O4S/c1-3-28-14-6-4-5-13(10-14)23-17(25)11-24(29(2,26)27)16-9-12(18(20,21)22)7-8-15(16)19/h4-10H,3,11H2,1-2H3,(H,23,25). The van der Waals surface area contributed by atoms with Gasteiger partial charge in [0.2, 0.25) is 15.9 Å². The highest BCUT2D eigenvalue weighted by Crippen LogP contribution is 2.36. The summed E-state index contributed by atoms with van der Waals surface area (Å²) in [5, 5.41) is 2.25. The number of nitrogens with one attached hydrogen (secondary N) is 1. The molecule has 0 aliphatic carbocycles. The number of benzene rings is 2. The molecule has 0 atom stereocenters. The third-order valence-electron chi connectivity index (χ3n) is 3.66. The fraction of sp³-hybridized carbons (Fsp3) is 0.278. The smallest absolute Gasteiger partial charge is 0.416 e. The molecule has 6 nitrogen and oxygen atoms in total. The lowest BCUT2D eigenvalue weighted by Gasteiger charge is -2.24. The van der Waals surface area contributed by atoms with Crippen LogP contribution in [0.1, 0.15) is 12.5 Å². The minimum Gasteiger partial charge on any atom is -0.494 e. The zero-order valence-corrected chi connectivity index (χ0v) is 17.0. The van der Waals surface area contributed by atoms with Crippen molar-refractivity contribution < 1.29 is 31.1 Å². The molecule has 0 bridgehead atoms. The zero-order chi connectivity index (χ0) is 21.8. The van der Waals surface area contributed by atoms with Gasteiger partial charge >= 0.3 is 6.18 Å². The van der Waals surface area contributed by atoms with Gasteiger partial charge in [0.1, 0.15) is 12.3 Å². The first-order chi connectivity index (χ1) is 13.4. The van der Waals surface area contributed by atoms with E-state index >= 15 is 0 Å². The number of rotatable bonds is 7. The molecule has 11 heteroatoms. The monoisotopic (exact) mass is 450 g/mol. The van der Waals surface area contributed by atoms with Crippen LogP contribution >= 0.6 is 11.6 Å². The largest absolute Gasteiger partial charge is 0.494 e. The fourth-order valence-electron chi connectivity index (χ4n) is 2.42. The summed E-state index contributed by atoms with van der Waals surface area (Å²) in [6.07, 6.45) is -3.93. The Morgan fingerprint density at radius 2 is 1.90 bits per heavy atom. The summed E-state index contributed by atoms with van der Waals surface area (Å²) < 4.78 is 69.2. The number of halogens is 4. The second-order valence-electron chi connectivity index (χ2n) is 5.94. The lowest BCUT2D eigenvalue weighted by molar-refractivity contribution is -0.137. The molecular formula is C18H18ClF3N2O4S. The van der Waals surface area contributed by atoms with E-state index < -0.39 is 39.9 Å². The predicted octanol–water partition coefficient (Wildman–Crippen LogP) is 4.16. The Balaban J connectivity index is 2.31. The maximum absolute atomic E-state index is 13.0. The highest BCUT2D eigenvalue weighted by Gasteiger charge is 2.33. The number of amides is 1. The van der Waals surface area contributed by atoms with Crippen LogP contribution < -0.4 is 14.4 Å². The van der Waals surface area contributed by atoms with Gasteiger partial charge in [-0.25, -0.2) is 8.42 Å². The number of ether oxygens (including phenoxy) is 1. The molecule has 0 aromatic heterocycles. The number of carbonyl (C=O) groups excluding carboxylic acids is 1. The van der Waals surface area contributed by atoms with Gasteiger partial charge in [-0.05, 0) is 37.3 Å². The molecule has 158 valence electrons. The molecule has 2 aromatic rings. The first kappa shape index (κ1) is 22.8. The van der Waals surface area contributed by atoms with Crippen LogP contribution in [0.15, 0.2) is 42.5 Å². The average Bonchev–Trinajstić information content (AvgIpc) is 2.59. The molecule has 0 fully saturated rings. The van der Waals surface area contributed by atoms with E-state index in [-0.39, 0.29) is 5.02 Å². The zero-order valence-electron chi connectivity index (χ0n) is 15.5. The van der Waals surface area contributed by atoms with Crippen LogP contribution in [-0.4, -0.2) is 33.7 Å². The molecule has 0 heterocycles. The highest BCUT2D eigenvalue weighted by atomic mass is 35.5. The molecule has 29 heavy (non-hydrogen) atoms. The van der Waals surface area contributed by atoms with E-state index in [1.165, 1.54) is 6.07 Å². The molecule has 0 saturated carbocycles. The number of anilines is 2. The second-order valence-corrected chi connectivity index (χ2v) is 8.26. The quantitative estimate of drug-likeness (QED) is 0.687. The van der Waals surface area contributed by atoms with Gasteiger partial charge in [0.25, 0.3) is 0 Å². The molecule has 2 rings (SSSR count). The Kier molecular flexibility index (Phi) is 7.02. The van der Waals surface area contributed by atoms with Gasteiger partial charge in [-0.2, -0.15) is 13.2 Å². The van der Waals surface area contributed by atoms with Gasteiger partial charge in [-0.1, -0.05) is 17.7 Å². The third-order valence-corrected chi connectivity index (χ3v) is 5.10. The SMILES string of the molecule is CCOc1cccc(NC(=O)CN(c2cc(C(F)(F)F)ccc2Cl)S(C)(=O)=O)c1. The van der Waals surface area contributed by atoms with Crippen molar-refractivity contribution in [1.82, 2.24) is 0 Å². The molecule has 0 spiro atoms. The summed E-state index contributed by atoms with van der Waals surface area (Å²) in [7, 11) is -4.11. The Morgan fingerprint density at radius 3 is 2.48 bits per heavy atom. The van der Waals surface area contributed by atoms with E-state index in [0.717, 1.165) is 18.4 Å². The molecule has 0 aliphatic rings. The van der Waals surface area contributed by atoms with Gasteiger partial charge in [0, 0.05) is 11.8 Å². The average molecular weight is 451 g/mol. The van der Waals surface area contributed by atoms with Crippen molar-refractivity contribution in [2.75, 3.05) is 29.0 Å². The van der Waals surface area contributed by atoms with Crippen molar-refractivity contribution in [2.45, 2.75) is 13.1 Å². The molecule has 0 aliphatic heterocycles. The second kappa shape index (κ2) is 8.91. The number of hydrogen-bond donors (Lipinski definition) is 1. The van der Waals surface area contributed by atoms with E-state index in [1.807, 2.05) is 0 Å². The molecule has 1 N–H and O–H groups in total. The van der Waals surface area contributed by atoms with Crippen LogP contribution in [0.2, 0.25) is 5.02 Å². The maximum atomic E-state index is 13.0. The molecule has 0 radical (unpaired) electrons. The Bertz CT molecular complexity index is 997. The molecular weight excluding hydrogens is 433 g/mol. The maximum Gasteiger partial charge on any atom is 0.416 e. The summed E-state index contributed by atoms with van der Waals surface area (Å²) in [5.74, 6) is -0.274. The molecule has 0 unspecified atom stereocenters. The van der Waals surface area contributed by atoms with Crippen molar-refractivity contribution in [3.63, 3.8) is 0 Å². The van der Waals surface area contributed by atoms with Crippen molar-refractivity contribution in [3.05, 3.63) is 53.1 Å². The normalized spacial score (nSPS) is 11.8. The number of alkyl halides is 3. The third kappa shape index (κ3) is 6.26. The van der Waals surface area contributed by atoms with Gasteiger partial charge in [-0.15, -0.1) is 0 Å². The number of sulfonamides is 1. The summed E-state index contributed by atoms with van der Waals surface area (Å²) in [4.78, 5) is 12.4. The van der Waals surface area contributed by atoms with Crippen LogP contribution in [0.3, 0.4) is 0 Å². The van der Waals surface area contributed by atoms with Crippen molar-refractivity contribution in [1.29, 1.82) is 0 Å². The van der Waals surface area contributed by atoms with E-state index in [4.69, 9.17) is 16.3 Å². The van der Waals surface area contributed by atoms with E-state index in [2.05, 4.69) is 5.32 Å². The van der Waals surface area contributed by atoms with Crippen molar-refractivity contribution >= 4 is 38.9 Å². The topological polar surface area (TPSA) is 75.7 Å². The van der Waals surface area contributed by atoms with Crippen molar-refractivity contribution in [2.24, 2.45) is 0 Å². The fourth-order valence-corrected chi connectivity index (χ4v) is 3.55. The summed E-state index contributed by atoms with van der Waals surface area (Å²) >= 11 is 5.92. The van der Waals surface area contributed by atoms with Crippen LogP contribution in [0.4, 0.5) is 24.5 Å². The Labute approximate surface area is 171 Å². The summed E-state index contributed by atoms with van der Waals surface area (Å²) in [6, 6.07) is 8.63. The molecule has 1 amide bonds. The van der Waals surface area contributed by atoms with E-state index in [9.17, 15) is 26.4 Å².